The molecule has 0 saturated heterocycles. The molecule has 0 aliphatic carbocycles. The van der Waals surface area contributed by atoms with Crippen molar-refractivity contribution in [2.45, 2.75) is 63.1 Å². The lowest BCUT2D eigenvalue weighted by atomic mass is 10.1. The van der Waals surface area contributed by atoms with Crippen LogP contribution in [-0.4, -0.2) is 53.3 Å². The summed E-state index contributed by atoms with van der Waals surface area (Å²) in [6.45, 7) is 1.15. The van der Waals surface area contributed by atoms with Crippen LogP contribution in [0.4, 0.5) is 43.9 Å². The monoisotopic (exact) mass is 391 g/mol. The fraction of sp³-hybridized carbons (Fsp3) is 0.917. The number of nitrogens with zero attached hydrogens (tertiary/aromatic N) is 3. The van der Waals surface area contributed by atoms with E-state index < -0.39 is 41.9 Å². The van der Waals surface area contributed by atoms with Crippen LogP contribution in [-0.2, 0) is 0 Å². The standard InChI is InChI=1S/C12H15F10N3/c1-2-3-4-5-6-25-8(9(13,14)10(15,16)17)24(7-23-25)12(21,22)11(18,19)20/h7-8H,2-6H2,1H3. The molecule has 0 aromatic carbocycles. The Hall–Kier alpha value is -1.43. The van der Waals surface area contributed by atoms with E-state index in [1.165, 1.54) is 0 Å². The molecule has 0 fully saturated rings. The quantitative estimate of drug-likeness (QED) is 0.353. The third-order valence-corrected chi connectivity index (χ3v) is 3.48. The van der Waals surface area contributed by atoms with E-state index in [2.05, 4.69) is 5.10 Å². The molecule has 0 amide bonds. The summed E-state index contributed by atoms with van der Waals surface area (Å²) < 4.78 is 129. The normalized spacial score (nSPS) is 19.9. The molecule has 1 unspecified atom stereocenters. The Morgan fingerprint density at radius 1 is 0.840 bits per heavy atom. The van der Waals surface area contributed by atoms with Gasteiger partial charge in [0.2, 0.25) is 0 Å². The molecule has 0 N–H and O–H groups in total. The van der Waals surface area contributed by atoms with Gasteiger partial charge in [-0.15, -0.1) is 0 Å². The van der Waals surface area contributed by atoms with Gasteiger partial charge in [0.15, 0.2) is 6.17 Å². The number of unbranched alkanes of at least 4 members (excludes halogenated alkanes) is 3. The Labute approximate surface area is 136 Å². The smallest absolute Gasteiger partial charge is 0.266 e. The van der Waals surface area contributed by atoms with Crippen molar-refractivity contribution >= 4 is 6.34 Å². The molecule has 0 aromatic rings. The maximum Gasteiger partial charge on any atom is 0.475 e. The highest BCUT2D eigenvalue weighted by atomic mass is 19.4. The Morgan fingerprint density at radius 3 is 1.84 bits per heavy atom. The summed E-state index contributed by atoms with van der Waals surface area (Å²) in [7, 11) is 0. The van der Waals surface area contributed by atoms with E-state index in [9.17, 15) is 43.9 Å². The second-order valence-electron chi connectivity index (χ2n) is 5.40. The molecular formula is C12H15F10N3. The van der Waals surface area contributed by atoms with Gasteiger partial charge in [-0.25, -0.2) is 0 Å². The lowest BCUT2D eigenvalue weighted by Gasteiger charge is -2.40. The molecule has 1 atom stereocenters. The van der Waals surface area contributed by atoms with Crippen molar-refractivity contribution in [1.29, 1.82) is 0 Å². The van der Waals surface area contributed by atoms with Gasteiger partial charge in [-0.3, -0.25) is 9.91 Å². The van der Waals surface area contributed by atoms with E-state index in [4.69, 9.17) is 0 Å². The fourth-order valence-corrected chi connectivity index (χ4v) is 2.15. The Balaban J connectivity index is 3.16. The van der Waals surface area contributed by atoms with E-state index in [1.807, 2.05) is 0 Å². The van der Waals surface area contributed by atoms with Gasteiger partial charge in [0.25, 0.3) is 0 Å². The average molecular weight is 391 g/mol. The van der Waals surface area contributed by atoms with Crippen LogP contribution in [0.3, 0.4) is 0 Å². The van der Waals surface area contributed by atoms with Crippen LogP contribution in [0.25, 0.3) is 0 Å². The molecule has 1 aliphatic rings. The lowest BCUT2D eigenvalue weighted by molar-refractivity contribution is -0.368. The van der Waals surface area contributed by atoms with Gasteiger partial charge in [-0.1, -0.05) is 26.2 Å². The molecule has 3 nitrogen and oxygen atoms in total. The second-order valence-corrected chi connectivity index (χ2v) is 5.40. The predicted molar refractivity (Wildman–Crippen MR) is 67.0 cm³/mol. The maximum atomic E-state index is 13.6. The topological polar surface area (TPSA) is 18.8 Å². The number of hydrogen-bond donors (Lipinski definition) is 0. The van der Waals surface area contributed by atoms with Crippen molar-refractivity contribution in [3.8, 4) is 0 Å². The van der Waals surface area contributed by atoms with E-state index in [0.29, 0.717) is 19.3 Å². The first-order chi connectivity index (χ1) is 11.2. The number of rotatable bonds is 7. The summed E-state index contributed by atoms with van der Waals surface area (Å²) in [5.41, 5.74) is 0. The third-order valence-electron chi connectivity index (χ3n) is 3.48. The van der Waals surface area contributed by atoms with Crippen LogP contribution < -0.4 is 0 Å². The highest BCUT2D eigenvalue weighted by molar-refractivity contribution is 5.58. The first-order valence-corrected chi connectivity index (χ1v) is 7.16. The van der Waals surface area contributed by atoms with Crippen LogP contribution in [0.5, 0.6) is 0 Å². The predicted octanol–water partition coefficient (Wildman–Crippen LogP) is 4.81. The Morgan fingerprint density at radius 2 is 1.40 bits per heavy atom. The van der Waals surface area contributed by atoms with Crippen molar-refractivity contribution in [3.05, 3.63) is 0 Å². The number of hydrazone groups is 1. The summed E-state index contributed by atoms with van der Waals surface area (Å²) in [6, 6.07) is -5.95. The minimum atomic E-state index is -6.36. The van der Waals surface area contributed by atoms with E-state index in [0.717, 1.165) is 0 Å². The van der Waals surface area contributed by atoms with Crippen LogP contribution in [0.2, 0.25) is 0 Å². The minimum absolute atomic E-state index is 0.00104. The Kier molecular flexibility index (Phi) is 6.10. The summed E-state index contributed by atoms with van der Waals surface area (Å²) in [5.74, 6) is -5.87. The van der Waals surface area contributed by atoms with E-state index in [1.54, 1.807) is 6.92 Å². The van der Waals surface area contributed by atoms with Crippen molar-refractivity contribution < 1.29 is 43.9 Å². The van der Waals surface area contributed by atoms with Gasteiger partial charge in [0.1, 0.15) is 6.34 Å². The first kappa shape index (κ1) is 21.6. The maximum absolute atomic E-state index is 13.6. The van der Waals surface area contributed by atoms with Crippen LogP contribution in [0.1, 0.15) is 32.6 Å². The molecule has 1 rings (SSSR count). The van der Waals surface area contributed by atoms with Crippen molar-refractivity contribution in [1.82, 2.24) is 9.91 Å². The van der Waals surface area contributed by atoms with Gasteiger partial charge >= 0.3 is 24.3 Å². The molecular weight excluding hydrogens is 376 g/mol. The van der Waals surface area contributed by atoms with E-state index in [-0.39, 0.29) is 17.8 Å². The highest BCUT2D eigenvalue weighted by Gasteiger charge is 2.73. The zero-order valence-electron chi connectivity index (χ0n) is 12.8. The highest BCUT2D eigenvalue weighted by Crippen LogP contribution is 2.48. The summed E-state index contributed by atoms with van der Waals surface area (Å²) in [5, 5.41) is 2.85. The van der Waals surface area contributed by atoms with Gasteiger partial charge < -0.3 is 0 Å². The van der Waals surface area contributed by atoms with E-state index >= 15 is 0 Å². The van der Waals surface area contributed by atoms with Crippen LogP contribution >= 0.6 is 0 Å². The molecule has 13 heteroatoms. The molecule has 0 aromatic heterocycles. The van der Waals surface area contributed by atoms with Gasteiger partial charge in [-0.05, 0) is 6.42 Å². The van der Waals surface area contributed by atoms with Crippen LogP contribution in [0.15, 0.2) is 5.10 Å². The fourth-order valence-electron chi connectivity index (χ4n) is 2.15. The Bertz CT molecular complexity index is 471. The van der Waals surface area contributed by atoms with Crippen molar-refractivity contribution in [3.63, 3.8) is 0 Å². The van der Waals surface area contributed by atoms with Gasteiger partial charge in [0, 0.05) is 6.54 Å². The molecule has 0 saturated carbocycles. The van der Waals surface area contributed by atoms with Crippen LogP contribution in [0, 0.1) is 0 Å². The first-order valence-electron chi connectivity index (χ1n) is 7.16. The number of alkyl halides is 10. The summed E-state index contributed by atoms with van der Waals surface area (Å²) in [6.07, 6.45) is -15.0. The number of hydrogen-bond acceptors (Lipinski definition) is 3. The largest absolute Gasteiger partial charge is 0.475 e. The molecule has 25 heavy (non-hydrogen) atoms. The molecule has 0 spiro atoms. The molecule has 148 valence electrons. The SMILES string of the molecule is CCCCCCN1N=CN(C(F)(F)C(F)(F)F)C1C(F)(F)C(F)(F)F. The average Bonchev–Trinajstić information content (AvgIpc) is 2.86. The minimum Gasteiger partial charge on any atom is -0.266 e. The molecule has 0 bridgehead atoms. The second kappa shape index (κ2) is 7.06. The lowest BCUT2D eigenvalue weighted by Crippen LogP contribution is -2.65. The molecule has 1 heterocycles. The number of halogens is 10. The zero-order chi connectivity index (χ0) is 19.7. The van der Waals surface area contributed by atoms with Gasteiger partial charge in [-0.2, -0.15) is 49.0 Å². The van der Waals surface area contributed by atoms with Gasteiger partial charge in [0.05, 0.1) is 0 Å². The van der Waals surface area contributed by atoms with Crippen molar-refractivity contribution in [2.75, 3.05) is 6.54 Å². The summed E-state index contributed by atoms with van der Waals surface area (Å²) >= 11 is 0. The summed E-state index contributed by atoms with van der Waals surface area (Å²) in [4.78, 5) is -1.39. The molecule has 0 radical (unpaired) electrons. The van der Waals surface area contributed by atoms with Crippen molar-refractivity contribution in [2.24, 2.45) is 5.10 Å². The zero-order valence-corrected chi connectivity index (χ0v) is 12.8. The molecule has 1 aliphatic heterocycles. The third kappa shape index (κ3) is 4.22.